The van der Waals surface area contributed by atoms with E-state index in [1.54, 1.807) is 0 Å². The smallest absolute Gasteiger partial charge is 0.0176 e. The Kier molecular flexibility index (Phi) is 6.19. The van der Waals surface area contributed by atoms with Gasteiger partial charge in [-0.2, -0.15) is 0 Å². The van der Waals surface area contributed by atoms with Crippen LogP contribution in [0, 0.1) is 3.57 Å². The number of hydrogen-bond acceptors (Lipinski definition) is 2. The van der Waals surface area contributed by atoms with E-state index in [0.717, 1.165) is 16.6 Å². The van der Waals surface area contributed by atoms with Crippen molar-refractivity contribution in [3.8, 4) is 0 Å². The van der Waals surface area contributed by atoms with Gasteiger partial charge < -0.3 is 5.73 Å². The Morgan fingerprint density at radius 1 is 1.05 bits per heavy atom. The SMILES string of the molecule is NC(CSc1ccc(Br)cc1)Cc1ccc(I)cc1. The molecule has 100 valence electrons. The second kappa shape index (κ2) is 7.67. The van der Waals surface area contributed by atoms with Gasteiger partial charge in [-0.05, 0) is 71.0 Å². The van der Waals surface area contributed by atoms with Crippen LogP contribution >= 0.6 is 50.3 Å². The number of hydrogen-bond donors (Lipinski definition) is 1. The third-order valence-electron chi connectivity index (χ3n) is 2.69. The molecule has 2 aromatic carbocycles. The van der Waals surface area contributed by atoms with Crippen molar-refractivity contribution in [1.82, 2.24) is 0 Å². The summed E-state index contributed by atoms with van der Waals surface area (Å²) in [7, 11) is 0. The largest absolute Gasteiger partial charge is 0.327 e. The topological polar surface area (TPSA) is 26.0 Å². The number of thioether (sulfide) groups is 1. The number of rotatable bonds is 5. The van der Waals surface area contributed by atoms with Gasteiger partial charge in [0.25, 0.3) is 0 Å². The average molecular weight is 448 g/mol. The first kappa shape index (κ1) is 15.4. The molecule has 1 unspecified atom stereocenters. The maximum atomic E-state index is 6.19. The van der Waals surface area contributed by atoms with Crippen molar-refractivity contribution in [3.63, 3.8) is 0 Å². The summed E-state index contributed by atoms with van der Waals surface area (Å²) in [5.41, 5.74) is 7.50. The predicted molar refractivity (Wildman–Crippen MR) is 95.7 cm³/mol. The summed E-state index contributed by atoms with van der Waals surface area (Å²) in [5, 5.41) is 0. The zero-order chi connectivity index (χ0) is 13.7. The van der Waals surface area contributed by atoms with E-state index in [9.17, 15) is 0 Å². The Morgan fingerprint density at radius 3 is 2.32 bits per heavy atom. The molecule has 0 aliphatic heterocycles. The lowest BCUT2D eigenvalue weighted by molar-refractivity contribution is 0.748. The van der Waals surface area contributed by atoms with Crippen molar-refractivity contribution in [2.45, 2.75) is 17.4 Å². The van der Waals surface area contributed by atoms with E-state index in [1.807, 2.05) is 11.8 Å². The molecule has 0 fully saturated rings. The highest BCUT2D eigenvalue weighted by atomic mass is 127. The monoisotopic (exact) mass is 447 g/mol. The highest BCUT2D eigenvalue weighted by Crippen LogP contribution is 2.21. The number of benzene rings is 2. The maximum Gasteiger partial charge on any atom is 0.0176 e. The van der Waals surface area contributed by atoms with E-state index in [-0.39, 0.29) is 6.04 Å². The van der Waals surface area contributed by atoms with Gasteiger partial charge >= 0.3 is 0 Å². The quantitative estimate of drug-likeness (QED) is 0.530. The minimum absolute atomic E-state index is 0.189. The van der Waals surface area contributed by atoms with Crippen LogP contribution in [-0.4, -0.2) is 11.8 Å². The van der Waals surface area contributed by atoms with Gasteiger partial charge in [0.1, 0.15) is 0 Å². The van der Waals surface area contributed by atoms with E-state index in [2.05, 4.69) is 87.1 Å². The highest BCUT2D eigenvalue weighted by molar-refractivity contribution is 14.1. The Bertz CT molecular complexity index is 513. The normalized spacial score (nSPS) is 12.4. The first-order valence-corrected chi connectivity index (χ1v) is 8.87. The Hall–Kier alpha value is -0.0400. The van der Waals surface area contributed by atoms with E-state index < -0.39 is 0 Å². The maximum absolute atomic E-state index is 6.19. The first-order valence-electron chi connectivity index (χ1n) is 6.02. The van der Waals surface area contributed by atoms with E-state index in [1.165, 1.54) is 14.0 Å². The molecule has 0 aromatic heterocycles. The molecule has 0 aliphatic rings. The summed E-state index contributed by atoms with van der Waals surface area (Å²) < 4.78 is 2.37. The fourth-order valence-electron chi connectivity index (χ4n) is 1.72. The van der Waals surface area contributed by atoms with Crippen molar-refractivity contribution >= 4 is 50.3 Å². The summed E-state index contributed by atoms with van der Waals surface area (Å²) in [6, 6.07) is 17.1. The number of nitrogens with two attached hydrogens (primary N) is 1. The Balaban J connectivity index is 1.82. The Labute approximate surface area is 140 Å². The van der Waals surface area contributed by atoms with Gasteiger partial charge in [-0.1, -0.05) is 28.1 Å². The fourth-order valence-corrected chi connectivity index (χ4v) is 3.19. The predicted octanol–water partition coefficient (Wildman–Crippen LogP) is 4.72. The van der Waals surface area contributed by atoms with Crippen LogP contribution in [0.1, 0.15) is 5.56 Å². The molecule has 0 saturated heterocycles. The van der Waals surface area contributed by atoms with Crippen LogP contribution < -0.4 is 5.73 Å². The molecule has 0 radical (unpaired) electrons. The zero-order valence-corrected chi connectivity index (χ0v) is 14.9. The lowest BCUT2D eigenvalue weighted by Gasteiger charge is -2.11. The molecule has 0 amide bonds. The van der Waals surface area contributed by atoms with Gasteiger partial charge in [0.05, 0.1) is 0 Å². The lowest BCUT2D eigenvalue weighted by Crippen LogP contribution is -2.25. The second-order valence-electron chi connectivity index (χ2n) is 4.36. The lowest BCUT2D eigenvalue weighted by atomic mass is 10.1. The average Bonchev–Trinajstić information content (AvgIpc) is 2.41. The second-order valence-corrected chi connectivity index (χ2v) is 7.61. The van der Waals surface area contributed by atoms with Crippen molar-refractivity contribution in [1.29, 1.82) is 0 Å². The molecule has 2 N–H and O–H groups in total. The van der Waals surface area contributed by atoms with Crippen LogP contribution in [0.5, 0.6) is 0 Å². The van der Waals surface area contributed by atoms with Crippen LogP contribution in [0.3, 0.4) is 0 Å². The van der Waals surface area contributed by atoms with Gasteiger partial charge in [0, 0.05) is 24.7 Å². The standard InChI is InChI=1S/C15H15BrINS/c16-12-3-7-15(8-4-12)19-10-14(18)9-11-1-5-13(17)6-2-11/h1-8,14H,9-10,18H2. The molecular weight excluding hydrogens is 433 g/mol. The van der Waals surface area contributed by atoms with Crippen molar-refractivity contribution < 1.29 is 0 Å². The van der Waals surface area contributed by atoms with Crippen molar-refractivity contribution in [2.24, 2.45) is 5.73 Å². The van der Waals surface area contributed by atoms with Crippen LogP contribution in [0.15, 0.2) is 57.9 Å². The third kappa shape index (κ3) is 5.45. The van der Waals surface area contributed by atoms with Gasteiger partial charge in [-0.25, -0.2) is 0 Å². The zero-order valence-electron chi connectivity index (χ0n) is 10.4. The molecule has 0 aliphatic carbocycles. The molecule has 4 heteroatoms. The number of halogens is 2. The Morgan fingerprint density at radius 2 is 1.68 bits per heavy atom. The summed E-state index contributed by atoms with van der Waals surface area (Å²) in [4.78, 5) is 1.27. The fraction of sp³-hybridized carbons (Fsp3) is 0.200. The molecule has 0 saturated carbocycles. The molecular formula is C15H15BrINS. The van der Waals surface area contributed by atoms with Crippen molar-refractivity contribution in [2.75, 3.05) is 5.75 Å². The van der Waals surface area contributed by atoms with Crippen LogP contribution in [0.4, 0.5) is 0 Å². The molecule has 2 rings (SSSR count). The molecule has 1 atom stereocenters. The minimum atomic E-state index is 0.189. The molecule has 1 nitrogen and oxygen atoms in total. The van der Waals surface area contributed by atoms with E-state index >= 15 is 0 Å². The van der Waals surface area contributed by atoms with Gasteiger partial charge in [0.2, 0.25) is 0 Å². The molecule has 0 spiro atoms. The minimum Gasteiger partial charge on any atom is -0.327 e. The highest BCUT2D eigenvalue weighted by Gasteiger charge is 2.05. The van der Waals surface area contributed by atoms with Gasteiger partial charge in [-0.3, -0.25) is 0 Å². The van der Waals surface area contributed by atoms with Gasteiger partial charge in [0.15, 0.2) is 0 Å². The molecule has 19 heavy (non-hydrogen) atoms. The van der Waals surface area contributed by atoms with E-state index in [4.69, 9.17) is 5.73 Å². The van der Waals surface area contributed by atoms with Gasteiger partial charge in [-0.15, -0.1) is 11.8 Å². The first-order chi connectivity index (χ1) is 9.13. The third-order valence-corrected chi connectivity index (χ3v) is 5.14. The summed E-state index contributed by atoms with van der Waals surface area (Å²) in [5.74, 6) is 0.938. The molecule has 0 bridgehead atoms. The van der Waals surface area contributed by atoms with Crippen LogP contribution in [-0.2, 0) is 6.42 Å². The molecule has 0 heterocycles. The molecule has 2 aromatic rings. The van der Waals surface area contributed by atoms with Crippen LogP contribution in [0.25, 0.3) is 0 Å². The summed E-state index contributed by atoms with van der Waals surface area (Å²) >= 11 is 7.57. The van der Waals surface area contributed by atoms with E-state index in [0.29, 0.717) is 0 Å². The summed E-state index contributed by atoms with van der Waals surface area (Å²) in [6.45, 7) is 0. The van der Waals surface area contributed by atoms with Crippen molar-refractivity contribution in [3.05, 3.63) is 62.1 Å². The van der Waals surface area contributed by atoms with Crippen LogP contribution in [0.2, 0.25) is 0 Å². The summed E-state index contributed by atoms with van der Waals surface area (Å²) in [6.07, 6.45) is 0.931.